The van der Waals surface area contributed by atoms with Crippen molar-refractivity contribution in [3.8, 4) is 5.75 Å². The summed E-state index contributed by atoms with van der Waals surface area (Å²) in [6.45, 7) is 8.49. The second-order valence-corrected chi connectivity index (χ2v) is 4.32. The first-order valence-corrected chi connectivity index (χ1v) is 5.60. The van der Waals surface area contributed by atoms with E-state index in [-0.39, 0.29) is 0 Å². The van der Waals surface area contributed by atoms with Crippen molar-refractivity contribution in [2.75, 3.05) is 5.32 Å². The summed E-state index contributed by atoms with van der Waals surface area (Å²) in [7, 11) is 0. The van der Waals surface area contributed by atoms with Gasteiger partial charge in [0.05, 0.1) is 0 Å². The van der Waals surface area contributed by atoms with Crippen molar-refractivity contribution in [2.45, 2.75) is 40.2 Å². The Kier molecular flexibility index (Phi) is 4.01. The summed E-state index contributed by atoms with van der Waals surface area (Å²) in [5, 5.41) is 13.0. The zero-order chi connectivity index (χ0) is 11.4. The van der Waals surface area contributed by atoms with Gasteiger partial charge in [0.2, 0.25) is 0 Å². The second kappa shape index (κ2) is 5.06. The van der Waals surface area contributed by atoms with Gasteiger partial charge in [-0.1, -0.05) is 26.3 Å². The van der Waals surface area contributed by atoms with Crippen LogP contribution in [-0.2, 0) is 0 Å². The monoisotopic (exact) mass is 207 g/mol. The number of phenolic OH excluding ortho intramolecular Hbond substituents is 1. The van der Waals surface area contributed by atoms with E-state index in [1.54, 1.807) is 6.07 Å². The lowest BCUT2D eigenvalue weighted by Gasteiger charge is -2.21. The lowest BCUT2D eigenvalue weighted by atomic mass is 10.0. The highest BCUT2D eigenvalue weighted by Crippen LogP contribution is 2.22. The predicted molar refractivity (Wildman–Crippen MR) is 65.4 cm³/mol. The molecular formula is C13H21NO. The first-order valence-electron chi connectivity index (χ1n) is 5.60. The van der Waals surface area contributed by atoms with E-state index < -0.39 is 0 Å². The maximum atomic E-state index is 9.57. The van der Waals surface area contributed by atoms with Gasteiger partial charge in [-0.2, -0.15) is 0 Å². The lowest BCUT2D eigenvalue weighted by molar-refractivity contribution is 0.470. The van der Waals surface area contributed by atoms with Gasteiger partial charge in [-0.3, -0.25) is 0 Å². The molecule has 0 spiro atoms. The maximum absolute atomic E-state index is 9.57. The van der Waals surface area contributed by atoms with E-state index in [2.05, 4.69) is 26.1 Å². The van der Waals surface area contributed by atoms with E-state index in [4.69, 9.17) is 0 Å². The topological polar surface area (TPSA) is 32.3 Å². The second-order valence-electron chi connectivity index (χ2n) is 4.32. The van der Waals surface area contributed by atoms with Crippen LogP contribution in [-0.4, -0.2) is 11.1 Å². The van der Waals surface area contributed by atoms with Crippen LogP contribution in [0.2, 0.25) is 0 Å². The summed E-state index contributed by atoms with van der Waals surface area (Å²) in [5.41, 5.74) is 1.91. The minimum atomic E-state index is 0.358. The van der Waals surface area contributed by atoms with Crippen molar-refractivity contribution < 1.29 is 5.11 Å². The van der Waals surface area contributed by atoms with Crippen molar-refractivity contribution in [3.05, 3.63) is 23.8 Å². The number of anilines is 1. The van der Waals surface area contributed by atoms with E-state index in [9.17, 15) is 5.11 Å². The molecule has 0 saturated carbocycles. The van der Waals surface area contributed by atoms with Gasteiger partial charge in [-0.15, -0.1) is 0 Å². The van der Waals surface area contributed by atoms with Crippen molar-refractivity contribution >= 4 is 5.69 Å². The van der Waals surface area contributed by atoms with Crippen LogP contribution in [0.15, 0.2) is 18.2 Å². The molecule has 2 N–H and O–H groups in total. The van der Waals surface area contributed by atoms with Crippen molar-refractivity contribution in [3.63, 3.8) is 0 Å². The molecule has 2 atom stereocenters. The fourth-order valence-corrected chi connectivity index (χ4v) is 1.46. The van der Waals surface area contributed by atoms with Gasteiger partial charge in [-0.05, 0) is 31.4 Å². The molecule has 0 fully saturated rings. The third-order valence-corrected chi connectivity index (χ3v) is 3.10. The van der Waals surface area contributed by atoms with Crippen LogP contribution < -0.4 is 5.32 Å². The molecule has 0 bridgehead atoms. The fraction of sp³-hybridized carbons (Fsp3) is 0.538. The SMILES string of the molecule is CCC(C)C(C)Nc1ccc(C)c(O)c1. The Morgan fingerprint density at radius 3 is 2.53 bits per heavy atom. The van der Waals surface area contributed by atoms with Crippen LogP contribution >= 0.6 is 0 Å². The van der Waals surface area contributed by atoms with Gasteiger partial charge < -0.3 is 10.4 Å². The van der Waals surface area contributed by atoms with Crippen molar-refractivity contribution in [1.82, 2.24) is 0 Å². The number of benzene rings is 1. The van der Waals surface area contributed by atoms with Gasteiger partial charge in [0.15, 0.2) is 0 Å². The summed E-state index contributed by atoms with van der Waals surface area (Å²) in [6, 6.07) is 6.15. The smallest absolute Gasteiger partial charge is 0.120 e. The highest BCUT2D eigenvalue weighted by Gasteiger charge is 2.09. The largest absolute Gasteiger partial charge is 0.508 e. The first kappa shape index (κ1) is 11.9. The van der Waals surface area contributed by atoms with E-state index in [0.717, 1.165) is 17.7 Å². The average Bonchev–Trinajstić information content (AvgIpc) is 2.22. The molecule has 2 unspecified atom stereocenters. The van der Waals surface area contributed by atoms with Crippen molar-refractivity contribution in [2.24, 2.45) is 5.92 Å². The highest BCUT2D eigenvalue weighted by atomic mass is 16.3. The number of nitrogens with one attached hydrogen (secondary N) is 1. The number of hydrogen-bond acceptors (Lipinski definition) is 2. The minimum Gasteiger partial charge on any atom is -0.508 e. The molecule has 0 amide bonds. The summed E-state index contributed by atoms with van der Waals surface area (Å²) in [4.78, 5) is 0. The summed E-state index contributed by atoms with van der Waals surface area (Å²) < 4.78 is 0. The molecule has 2 heteroatoms. The molecule has 1 aromatic rings. The number of hydrogen-bond donors (Lipinski definition) is 2. The Balaban J connectivity index is 2.68. The Morgan fingerprint density at radius 1 is 1.33 bits per heavy atom. The molecule has 84 valence electrons. The Bertz CT molecular complexity index is 322. The first-order chi connectivity index (χ1) is 7.04. The van der Waals surface area contributed by atoms with Crippen LogP contribution in [0, 0.1) is 12.8 Å². The average molecular weight is 207 g/mol. The molecular weight excluding hydrogens is 186 g/mol. The molecule has 0 saturated heterocycles. The molecule has 0 aliphatic carbocycles. The number of aryl methyl sites for hydroxylation is 1. The third kappa shape index (κ3) is 3.15. The molecule has 0 aliphatic rings. The van der Waals surface area contributed by atoms with Gasteiger partial charge in [0.1, 0.15) is 5.75 Å². The molecule has 0 aromatic heterocycles. The summed E-state index contributed by atoms with van der Waals surface area (Å²) in [5.74, 6) is 0.991. The number of phenols is 1. The zero-order valence-corrected chi connectivity index (χ0v) is 10.0. The van der Waals surface area contributed by atoms with Gasteiger partial charge >= 0.3 is 0 Å². The molecule has 1 aromatic carbocycles. The highest BCUT2D eigenvalue weighted by molar-refractivity contribution is 5.51. The quantitative estimate of drug-likeness (QED) is 0.791. The molecule has 1 rings (SSSR count). The summed E-state index contributed by atoms with van der Waals surface area (Å²) in [6.07, 6.45) is 1.16. The van der Waals surface area contributed by atoms with Crippen LogP contribution in [0.25, 0.3) is 0 Å². The standard InChI is InChI=1S/C13H21NO/c1-5-9(2)11(4)14-12-7-6-10(3)13(15)8-12/h6-9,11,14-15H,5H2,1-4H3. The number of aromatic hydroxyl groups is 1. The van der Waals surface area contributed by atoms with Crippen LogP contribution in [0.3, 0.4) is 0 Å². The van der Waals surface area contributed by atoms with E-state index in [1.165, 1.54) is 0 Å². The zero-order valence-electron chi connectivity index (χ0n) is 10.0. The van der Waals surface area contributed by atoms with Crippen LogP contribution in [0.1, 0.15) is 32.8 Å². The molecule has 0 aliphatic heterocycles. The lowest BCUT2D eigenvalue weighted by Crippen LogP contribution is -2.23. The Morgan fingerprint density at radius 2 is 2.00 bits per heavy atom. The van der Waals surface area contributed by atoms with Gasteiger partial charge in [0.25, 0.3) is 0 Å². The number of rotatable bonds is 4. The third-order valence-electron chi connectivity index (χ3n) is 3.10. The normalized spacial score (nSPS) is 14.7. The molecule has 0 radical (unpaired) electrons. The summed E-state index contributed by atoms with van der Waals surface area (Å²) >= 11 is 0. The van der Waals surface area contributed by atoms with Gasteiger partial charge in [-0.25, -0.2) is 0 Å². The van der Waals surface area contributed by atoms with Gasteiger partial charge in [0, 0.05) is 17.8 Å². The van der Waals surface area contributed by atoms with E-state index >= 15 is 0 Å². The predicted octanol–water partition coefficient (Wildman–Crippen LogP) is 3.55. The minimum absolute atomic E-state index is 0.358. The van der Waals surface area contributed by atoms with Crippen molar-refractivity contribution in [1.29, 1.82) is 0 Å². The van der Waals surface area contributed by atoms with Crippen LogP contribution in [0.5, 0.6) is 5.75 Å². The van der Waals surface area contributed by atoms with E-state index in [1.807, 2.05) is 19.1 Å². The van der Waals surface area contributed by atoms with Crippen LogP contribution in [0.4, 0.5) is 5.69 Å². The molecule has 0 heterocycles. The molecule has 15 heavy (non-hydrogen) atoms. The van der Waals surface area contributed by atoms with E-state index in [0.29, 0.717) is 17.7 Å². The maximum Gasteiger partial charge on any atom is 0.120 e. The molecule has 2 nitrogen and oxygen atoms in total. The Labute approximate surface area is 92.3 Å². The Hall–Kier alpha value is -1.18. The fourth-order valence-electron chi connectivity index (χ4n) is 1.46.